The zero-order chi connectivity index (χ0) is 10.4. The van der Waals surface area contributed by atoms with Crippen LogP contribution in [0.15, 0.2) is 24.5 Å². The van der Waals surface area contributed by atoms with Gasteiger partial charge in [0, 0.05) is 25.5 Å². The van der Waals surface area contributed by atoms with Gasteiger partial charge < -0.3 is 10.0 Å². The molecular formula is C11H18N2O. The Labute approximate surface area is 85.4 Å². The molecule has 1 rings (SSSR count). The Morgan fingerprint density at radius 2 is 2.36 bits per heavy atom. The lowest BCUT2D eigenvalue weighted by Gasteiger charge is -2.17. The van der Waals surface area contributed by atoms with Gasteiger partial charge in [0.05, 0.1) is 6.10 Å². The topological polar surface area (TPSA) is 36.4 Å². The van der Waals surface area contributed by atoms with Crippen LogP contribution in [0.5, 0.6) is 0 Å². The van der Waals surface area contributed by atoms with Crippen LogP contribution in [0.4, 0.5) is 0 Å². The van der Waals surface area contributed by atoms with Crippen molar-refractivity contribution in [1.29, 1.82) is 0 Å². The Balaban J connectivity index is 2.27. The second-order valence-electron chi connectivity index (χ2n) is 3.72. The van der Waals surface area contributed by atoms with Crippen LogP contribution in [0.3, 0.4) is 0 Å². The summed E-state index contributed by atoms with van der Waals surface area (Å²) >= 11 is 0. The quantitative estimate of drug-likeness (QED) is 0.757. The minimum Gasteiger partial charge on any atom is -0.392 e. The van der Waals surface area contributed by atoms with Crippen LogP contribution >= 0.6 is 0 Å². The van der Waals surface area contributed by atoms with Crippen LogP contribution in [-0.4, -0.2) is 41.2 Å². The lowest BCUT2D eigenvalue weighted by Crippen LogP contribution is -2.29. The van der Waals surface area contributed by atoms with Crippen molar-refractivity contribution in [2.24, 2.45) is 0 Å². The van der Waals surface area contributed by atoms with E-state index in [2.05, 4.69) is 16.0 Å². The maximum atomic E-state index is 9.17. The number of aliphatic hydroxyl groups is 1. The molecule has 0 aliphatic carbocycles. The van der Waals surface area contributed by atoms with Crippen LogP contribution in [0.1, 0.15) is 12.5 Å². The molecule has 0 amide bonds. The van der Waals surface area contributed by atoms with Gasteiger partial charge in [0.2, 0.25) is 0 Å². The summed E-state index contributed by atoms with van der Waals surface area (Å²) in [5.41, 5.74) is 1.24. The third-order valence-corrected chi connectivity index (χ3v) is 2.08. The van der Waals surface area contributed by atoms with E-state index in [4.69, 9.17) is 5.11 Å². The number of aliphatic hydroxyl groups excluding tert-OH is 1. The smallest absolute Gasteiger partial charge is 0.0638 e. The van der Waals surface area contributed by atoms with Gasteiger partial charge in [-0.25, -0.2) is 0 Å². The minimum absolute atomic E-state index is 0.256. The van der Waals surface area contributed by atoms with Crippen LogP contribution in [-0.2, 0) is 6.42 Å². The number of nitrogens with zero attached hydrogens (tertiary/aromatic N) is 2. The fourth-order valence-corrected chi connectivity index (χ4v) is 1.41. The molecule has 0 aliphatic rings. The lowest BCUT2D eigenvalue weighted by atomic mass is 10.2. The molecule has 0 aromatic carbocycles. The highest BCUT2D eigenvalue weighted by atomic mass is 16.3. The monoisotopic (exact) mass is 194 g/mol. The van der Waals surface area contributed by atoms with E-state index in [0.717, 1.165) is 19.5 Å². The standard InChI is InChI=1S/C11H18N2O/c1-10(14)9-13(2)7-5-11-4-3-6-12-8-11/h3-4,6,8,10,14H,5,7,9H2,1-2H3. The molecule has 1 N–H and O–H groups in total. The summed E-state index contributed by atoms with van der Waals surface area (Å²) in [5, 5.41) is 9.17. The summed E-state index contributed by atoms with van der Waals surface area (Å²) in [6, 6.07) is 4.02. The Morgan fingerprint density at radius 3 is 2.93 bits per heavy atom. The van der Waals surface area contributed by atoms with Gasteiger partial charge in [-0.2, -0.15) is 0 Å². The predicted molar refractivity (Wildman–Crippen MR) is 57.1 cm³/mol. The second-order valence-corrected chi connectivity index (χ2v) is 3.72. The number of hydrogen-bond donors (Lipinski definition) is 1. The van der Waals surface area contributed by atoms with E-state index in [0.29, 0.717) is 0 Å². The van der Waals surface area contributed by atoms with E-state index in [1.54, 1.807) is 13.1 Å². The average molecular weight is 194 g/mol. The number of aromatic nitrogens is 1. The Hall–Kier alpha value is -0.930. The normalized spacial score (nSPS) is 13.1. The van der Waals surface area contributed by atoms with Crippen molar-refractivity contribution in [3.8, 4) is 0 Å². The van der Waals surface area contributed by atoms with Crippen molar-refractivity contribution in [3.63, 3.8) is 0 Å². The van der Waals surface area contributed by atoms with Crippen LogP contribution in [0, 0.1) is 0 Å². The maximum absolute atomic E-state index is 9.17. The first-order chi connectivity index (χ1) is 6.68. The van der Waals surface area contributed by atoms with Crippen molar-refractivity contribution in [3.05, 3.63) is 30.1 Å². The number of pyridine rings is 1. The summed E-state index contributed by atoms with van der Waals surface area (Å²) in [6.45, 7) is 3.48. The van der Waals surface area contributed by atoms with Gasteiger partial charge in [-0.1, -0.05) is 6.07 Å². The van der Waals surface area contributed by atoms with Crippen molar-refractivity contribution in [2.75, 3.05) is 20.1 Å². The van der Waals surface area contributed by atoms with Crippen molar-refractivity contribution in [2.45, 2.75) is 19.4 Å². The van der Waals surface area contributed by atoms with E-state index in [-0.39, 0.29) is 6.10 Å². The van der Waals surface area contributed by atoms with Crippen molar-refractivity contribution in [1.82, 2.24) is 9.88 Å². The van der Waals surface area contributed by atoms with E-state index < -0.39 is 0 Å². The number of rotatable bonds is 5. The van der Waals surface area contributed by atoms with Crippen LogP contribution < -0.4 is 0 Å². The summed E-state index contributed by atoms with van der Waals surface area (Å²) in [5.74, 6) is 0. The number of hydrogen-bond acceptors (Lipinski definition) is 3. The van der Waals surface area contributed by atoms with Crippen molar-refractivity contribution < 1.29 is 5.11 Å². The molecule has 14 heavy (non-hydrogen) atoms. The van der Waals surface area contributed by atoms with Gasteiger partial charge in [-0.15, -0.1) is 0 Å². The fraction of sp³-hybridized carbons (Fsp3) is 0.545. The van der Waals surface area contributed by atoms with Gasteiger partial charge in [0.25, 0.3) is 0 Å². The molecule has 78 valence electrons. The summed E-state index contributed by atoms with van der Waals surface area (Å²) in [6.07, 6.45) is 4.39. The summed E-state index contributed by atoms with van der Waals surface area (Å²) in [7, 11) is 2.02. The zero-order valence-electron chi connectivity index (χ0n) is 8.85. The van der Waals surface area contributed by atoms with Gasteiger partial charge in [0.1, 0.15) is 0 Å². The molecule has 1 heterocycles. The maximum Gasteiger partial charge on any atom is 0.0638 e. The first-order valence-electron chi connectivity index (χ1n) is 4.94. The molecule has 3 nitrogen and oxygen atoms in total. The Morgan fingerprint density at radius 1 is 1.57 bits per heavy atom. The Bertz CT molecular complexity index is 249. The SMILES string of the molecule is CC(O)CN(C)CCc1cccnc1. The molecule has 1 atom stereocenters. The van der Waals surface area contributed by atoms with Crippen LogP contribution in [0.2, 0.25) is 0 Å². The minimum atomic E-state index is -0.256. The first-order valence-corrected chi connectivity index (χ1v) is 4.94. The molecule has 1 aromatic rings. The first kappa shape index (κ1) is 11.1. The van der Waals surface area contributed by atoms with E-state index in [1.165, 1.54) is 5.56 Å². The Kier molecular flexibility index (Phi) is 4.56. The van der Waals surface area contributed by atoms with Crippen LogP contribution in [0.25, 0.3) is 0 Å². The molecule has 0 bridgehead atoms. The zero-order valence-corrected chi connectivity index (χ0v) is 8.85. The van der Waals surface area contributed by atoms with Gasteiger partial charge in [-0.3, -0.25) is 4.98 Å². The largest absolute Gasteiger partial charge is 0.392 e. The molecule has 0 aliphatic heterocycles. The van der Waals surface area contributed by atoms with E-state index in [9.17, 15) is 0 Å². The average Bonchev–Trinajstić information content (AvgIpc) is 2.15. The predicted octanol–water partition coefficient (Wildman–Crippen LogP) is 0.937. The van der Waals surface area contributed by atoms with Crippen molar-refractivity contribution >= 4 is 0 Å². The molecule has 0 saturated carbocycles. The van der Waals surface area contributed by atoms with Gasteiger partial charge in [-0.05, 0) is 32.0 Å². The highest BCUT2D eigenvalue weighted by Gasteiger charge is 2.02. The molecule has 0 saturated heterocycles. The molecule has 0 spiro atoms. The summed E-state index contributed by atoms with van der Waals surface area (Å²) < 4.78 is 0. The third kappa shape index (κ3) is 4.35. The molecule has 3 heteroatoms. The molecule has 1 aromatic heterocycles. The van der Waals surface area contributed by atoms with E-state index in [1.807, 2.05) is 19.3 Å². The van der Waals surface area contributed by atoms with Gasteiger partial charge in [0.15, 0.2) is 0 Å². The lowest BCUT2D eigenvalue weighted by molar-refractivity contribution is 0.142. The van der Waals surface area contributed by atoms with Gasteiger partial charge >= 0.3 is 0 Å². The van der Waals surface area contributed by atoms with E-state index >= 15 is 0 Å². The molecule has 0 fully saturated rings. The fourth-order valence-electron chi connectivity index (χ4n) is 1.41. The summed E-state index contributed by atoms with van der Waals surface area (Å²) in [4.78, 5) is 6.18. The second kappa shape index (κ2) is 5.73. The molecule has 0 radical (unpaired) electrons. The molecule has 1 unspecified atom stereocenters. The molecular weight excluding hydrogens is 176 g/mol. The highest BCUT2D eigenvalue weighted by molar-refractivity contribution is 5.08. The third-order valence-electron chi connectivity index (χ3n) is 2.08. The number of likely N-dealkylation sites (N-methyl/N-ethyl adjacent to an activating group) is 1. The highest BCUT2D eigenvalue weighted by Crippen LogP contribution is 1.98.